The van der Waals surface area contributed by atoms with Crippen LogP contribution in [0.3, 0.4) is 0 Å². The van der Waals surface area contributed by atoms with Crippen LogP contribution in [-0.4, -0.2) is 29.0 Å². The van der Waals surface area contributed by atoms with Crippen LogP contribution in [0, 0.1) is 6.92 Å². The SMILES string of the molecule is Cc1nc2ccc(CN3CC[C@H](N)C3)cc2s1.Cl. The van der Waals surface area contributed by atoms with E-state index < -0.39 is 0 Å². The molecule has 0 aliphatic carbocycles. The Labute approximate surface area is 117 Å². The van der Waals surface area contributed by atoms with E-state index in [9.17, 15) is 0 Å². The monoisotopic (exact) mass is 283 g/mol. The third-order valence-corrected chi connectivity index (χ3v) is 4.21. The van der Waals surface area contributed by atoms with E-state index in [1.54, 1.807) is 11.3 Å². The van der Waals surface area contributed by atoms with Gasteiger partial charge < -0.3 is 5.73 Å². The van der Waals surface area contributed by atoms with Crippen molar-refractivity contribution in [2.45, 2.75) is 25.9 Å². The van der Waals surface area contributed by atoms with Crippen molar-refractivity contribution >= 4 is 34.0 Å². The Hall–Kier alpha value is -0.680. The largest absolute Gasteiger partial charge is 0.326 e. The van der Waals surface area contributed by atoms with Crippen LogP contribution in [0.15, 0.2) is 18.2 Å². The van der Waals surface area contributed by atoms with E-state index in [0.29, 0.717) is 6.04 Å². The minimum atomic E-state index is 0. The van der Waals surface area contributed by atoms with E-state index in [2.05, 4.69) is 35.0 Å². The lowest BCUT2D eigenvalue weighted by Crippen LogP contribution is -2.26. The molecule has 1 saturated heterocycles. The van der Waals surface area contributed by atoms with E-state index in [-0.39, 0.29) is 12.4 Å². The smallest absolute Gasteiger partial charge is 0.0907 e. The number of hydrogen-bond donors (Lipinski definition) is 1. The van der Waals surface area contributed by atoms with E-state index >= 15 is 0 Å². The fourth-order valence-electron chi connectivity index (χ4n) is 2.45. The summed E-state index contributed by atoms with van der Waals surface area (Å²) in [5.41, 5.74) is 8.41. The molecular weight excluding hydrogens is 266 g/mol. The maximum Gasteiger partial charge on any atom is 0.0907 e. The van der Waals surface area contributed by atoms with Crippen molar-refractivity contribution in [2.75, 3.05) is 13.1 Å². The first kappa shape index (κ1) is 13.7. The number of nitrogens with two attached hydrogens (primary N) is 1. The van der Waals surface area contributed by atoms with Gasteiger partial charge in [-0.25, -0.2) is 4.98 Å². The van der Waals surface area contributed by atoms with Crippen LogP contribution >= 0.6 is 23.7 Å². The molecule has 1 aliphatic heterocycles. The van der Waals surface area contributed by atoms with Gasteiger partial charge in [0.1, 0.15) is 0 Å². The summed E-state index contributed by atoms with van der Waals surface area (Å²) in [6.07, 6.45) is 1.13. The molecule has 1 fully saturated rings. The van der Waals surface area contributed by atoms with Crippen molar-refractivity contribution in [2.24, 2.45) is 5.73 Å². The normalized spacial score (nSPS) is 20.2. The second kappa shape index (κ2) is 5.53. The second-order valence-corrected chi connectivity index (χ2v) is 6.05. The highest BCUT2D eigenvalue weighted by atomic mass is 35.5. The molecule has 0 saturated carbocycles. The summed E-state index contributed by atoms with van der Waals surface area (Å²) in [6.45, 7) is 5.23. The molecule has 2 aromatic rings. The molecule has 0 bridgehead atoms. The molecule has 1 aromatic carbocycles. The molecule has 0 unspecified atom stereocenters. The Balaban J connectivity index is 0.00000120. The van der Waals surface area contributed by atoms with Gasteiger partial charge >= 0.3 is 0 Å². The first-order valence-corrected chi connectivity index (χ1v) is 6.86. The summed E-state index contributed by atoms with van der Waals surface area (Å²) in [7, 11) is 0. The number of rotatable bonds is 2. The number of thiazole rings is 1. The summed E-state index contributed by atoms with van der Waals surface area (Å²) in [6, 6.07) is 6.95. The topological polar surface area (TPSA) is 42.2 Å². The maximum absolute atomic E-state index is 5.92. The lowest BCUT2D eigenvalue weighted by atomic mass is 10.2. The van der Waals surface area contributed by atoms with Gasteiger partial charge in [0.2, 0.25) is 0 Å². The quantitative estimate of drug-likeness (QED) is 0.921. The molecule has 1 aromatic heterocycles. The molecule has 2 heterocycles. The average molecular weight is 284 g/mol. The minimum absolute atomic E-state index is 0. The standard InChI is InChI=1S/C13H17N3S.ClH/c1-9-15-12-3-2-10(6-13(12)17-9)7-16-5-4-11(14)8-16;/h2-3,6,11H,4-5,7-8,14H2,1H3;1H/t11-;/m0./s1. The van der Waals surface area contributed by atoms with Crippen LogP contribution in [-0.2, 0) is 6.54 Å². The molecule has 5 heteroatoms. The van der Waals surface area contributed by atoms with Gasteiger partial charge in [-0.3, -0.25) is 4.90 Å². The number of halogens is 1. The van der Waals surface area contributed by atoms with Gasteiger partial charge in [0.15, 0.2) is 0 Å². The molecule has 1 atom stereocenters. The predicted octanol–water partition coefficient (Wildman–Crippen LogP) is 2.56. The van der Waals surface area contributed by atoms with Gasteiger partial charge in [0.25, 0.3) is 0 Å². The van der Waals surface area contributed by atoms with Crippen molar-refractivity contribution < 1.29 is 0 Å². The molecule has 0 spiro atoms. The molecule has 18 heavy (non-hydrogen) atoms. The Morgan fingerprint density at radius 3 is 3.06 bits per heavy atom. The Kier molecular flexibility index (Phi) is 4.22. The van der Waals surface area contributed by atoms with Crippen LogP contribution < -0.4 is 5.73 Å². The number of aromatic nitrogens is 1. The van der Waals surface area contributed by atoms with Gasteiger partial charge in [-0.15, -0.1) is 23.7 Å². The number of nitrogens with zero attached hydrogens (tertiary/aromatic N) is 2. The fourth-order valence-corrected chi connectivity index (χ4v) is 3.34. The highest BCUT2D eigenvalue weighted by molar-refractivity contribution is 7.18. The Bertz CT molecular complexity index is 540. The molecule has 1 aliphatic rings. The number of benzene rings is 1. The number of likely N-dealkylation sites (tertiary alicyclic amines) is 1. The fraction of sp³-hybridized carbons (Fsp3) is 0.462. The highest BCUT2D eigenvalue weighted by Gasteiger charge is 2.18. The second-order valence-electron chi connectivity index (χ2n) is 4.82. The molecule has 98 valence electrons. The lowest BCUT2D eigenvalue weighted by Gasteiger charge is -2.14. The van der Waals surface area contributed by atoms with Crippen LogP contribution in [0.5, 0.6) is 0 Å². The van der Waals surface area contributed by atoms with Crippen LogP contribution in [0.1, 0.15) is 17.0 Å². The van der Waals surface area contributed by atoms with Gasteiger partial charge in [-0.05, 0) is 31.0 Å². The summed E-state index contributed by atoms with van der Waals surface area (Å²) in [5.74, 6) is 0. The number of hydrogen-bond acceptors (Lipinski definition) is 4. The maximum atomic E-state index is 5.92. The zero-order valence-electron chi connectivity index (χ0n) is 10.4. The Morgan fingerprint density at radius 1 is 1.50 bits per heavy atom. The van der Waals surface area contributed by atoms with Gasteiger partial charge in [0.05, 0.1) is 15.2 Å². The first-order chi connectivity index (χ1) is 8.20. The van der Waals surface area contributed by atoms with Crippen molar-refractivity contribution in [3.63, 3.8) is 0 Å². The van der Waals surface area contributed by atoms with Crippen molar-refractivity contribution in [1.82, 2.24) is 9.88 Å². The van der Waals surface area contributed by atoms with Crippen LogP contribution in [0.4, 0.5) is 0 Å². The summed E-state index contributed by atoms with van der Waals surface area (Å²) < 4.78 is 1.29. The zero-order chi connectivity index (χ0) is 11.8. The number of aryl methyl sites for hydroxylation is 1. The molecule has 3 nitrogen and oxygen atoms in total. The minimum Gasteiger partial charge on any atom is -0.326 e. The molecule has 0 amide bonds. The third kappa shape index (κ3) is 2.83. The van der Waals surface area contributed by atoms with Gasteiger partial charge in [0, 0.05) is 25.7 Å². The van der Waals surface area contributed by atoms with Gasteiger partial charge in [-0.1, -0.05) is 6.07 Å². The molecule has 0 radical (unpaired) electrons. The zero-order valence-corrected chi connectivity index (χ0v) is 12.1. The Morgan fingerprint density at radius 2 is 2.33 bits per heavy atom. The van der Waals surface area contributed by atoms with Crippen LogP contribution in [0.25, 0.3) is 10.2 Å². The number of fused-ring (bicyclic) bond motifs is 1. The highest BCUT2D eigenvalue weighted by Crippen LogP contribution is 2.23. The predicted molar refractivity (Wildman–Crippen MR) is 79.5 cm³/mol. The summed E-state index contributed by atoms with van der Waals surface area (Å²) >= 11 is 1.77. The van der Waals surface area contributed by atoms with Crippen molar-refractivity contribution in [1.29, 1.82) is 0 Å². The summed E-state index contributed by atoms with van der Waals surface area (Å²) in [5, 5.41) is 1.14. The van der Waals surface area contributed by atoms with E-state index in [1.807, 2.05) is 0 Å². The molecular formula is C13H18ClN3S. The van der Waals surface area contributed by atoms with Crippen molar-refractivity contribution in [3.8, 4) is 0 Å². The lowest BCUT2D eigenvalue weighted by molar-refractivity contribution is 0.327. The van der Waals surface area contributed by atoms with E-state index in [0.717, 1.165) is 36.6 Å². The van der Waals surface area contributed by atoms with E-state index in [1.165, 1.54) is 10.3 Å². The van der Waals surface area contributed by atoms with Crippen molar-refractivity contribution in [3.05, 3.63) is 28.8 Å². The first-order valence-electron chi connectivity index (χ1n) is 6.05. The molecule has 3 rings (SSSR count). The third-order valence-electron chi connectivity index (χ3n) is 3.27. The van der Waals surface area contributed by atoms with E-state index in [4.69, 9.17) is 5.73 Å². The molecule has 2 N–H and O–H groups in total. The average Bonchev–Trinajstić information content (AvgIpc) is 2.83. The van der Waals surface area contributed by atoms with Crippen LogP contribution in [0.2, 0.25) is 0 Å². The van der Waals surface area contributed by atoms with Gasteiger partial charge in [-0.2, -0.15) is 0 Å². The summed E-state index contributed by atoms with van der Waals surface area (Å²) in [4.78, 5) is 6.91.